The normalized spacial score (nSPS) is 15.1. The predicted octanol–water partition coefficient (Wildman–Crippen LogP) is 4.36. The average molecular weight is 445 g/mol. The van der Waals surface area contributed by atoms with Gasteiger partial charge in [0, 0.05) is 16.5 Å². The number of rotatable bonds is 6. The van der Waals surface area contributed by atoms with Gasteiger partial charge in [-0.05, 0) is 56.3 Å². The number of ether oxygens (including phenoxy) is 1. The summed E-state index contributed by atoms with van der Waals surface area (Å²) in [7, 11) is 1.54. The van der Waals surface area contributed by atoms with Gasteiger partial charge in [-0.3, -0.25) is 9.69 Å². The molecule has 0 spiro atoms. The SMILES string of the molecule is COc1ccc(Cl)cc1NC(=O)CN1CCC(c2nc(-c3cccc(F)c3)no2)CC1. The second kappa shape index (κ2) is 9.45. The number of carbonyl (C=O) groups excluding carboxylic acids is 1. The van der Waals surface area contributed by atoms with Crippen molar-refractivity contribution >= 4 is 23.2 Å². The fourth-order valence-corrected chi connectivity index (χ4v) is 3.83. The molecule has 1 saturated heterocycles. The summed E-state index contributed by atoms with van der Waals surface area (Å²) in [4.78, 5) is 19.0. The molecule has 4 rings (SSSR count). The minimum Gasteiger partial charge on any atom is -0.495 e. The molecular formula is C22H22ClFN4O3. The molecule has 0 atom stereocenters. The van der Waals surface area contributed by atoms with Crippen LogP contribution >= 0.6 is 11.6 Å². The Morgan fingerprint density at radius 1 is 1.29 bits per heavy atom. The Morgan fingerprint density at radius 2 is 2.10 bits per heavy atom. The van der Waals surface area contributed by atoms with Crippen LogP contribution in [0.25, 0.3) is 11.4 Å². The molecule has 1 N–H and O–H groups in total. The van der Waals surface area contributed by atoms with Gasteiger partial charge in [-0.25, -0.2) is 4.39 Å². The Bertz CT molecular complexity index is 1070. The number of halogens is 2. The quantitative estimate of drug-likeness (QED) is 0.608. The molecule has 3 aromatic rings. The summed E-state index contributed by atoms with van der Waals surface area (Å²) in [6, 6.07) is 11.2. The number of nitrogens with zero attached hydrogens (tertiary/aromatic N) is 3. The zero-order chi connectivity index (χ0) is 21.8. The third kappa shape index (κ3) is 5.21. The monoisotopic (exact) mass is 444 g/mol. The summed E-state index contributed by atoms with van der Waals surface area (Å²) in [5.74, 6) is 1.12. The highest BCUT2D eigenvalue weighted by molar-refractivity contribution is 6.31. The molecule has 1 fully saturated rings. The van der Waals surface area contributed by atoms with E-state index in [1.54, 1.807) is 37.4 Å². The number of piperidine rings is 1. The van der Waals surface area contributed by atoms with E-state index in [-0.39, 0.29) is 24.2 Å². The third-order valence-corrected chi connectivity index (χ3v) is 5.50. The van der Waals surface area contributed by atoms with Crippen LogP contribution in [0.15, 0.2) is 47.0 Å². The van der Waals surface area contributed by atoms with Crippen molar-refractivity contribution < 1.29 is 18.4 Å². The van der Waals surface area contributed by atoms with E-state index in [1.165, 1.54) is 12.1 Å². The van der Waals surface area contributed by atoms with E-state index in [1.807, 2.05) is 0 Å². The first kappa shape index (κ1) is 21.3. The van der Waals surface area contributed by atoms with Gasteiger partial charge in [-0.1, -0.05) is 28.9 Å². The summed E-state index contributed by atoms with van der Waals surface area (Å²) >= 11 is 6.02. The van der Waals surface area contributed by atoms with E-state index < -0.39 is 0 Å². The maximum absolute atomic E-state index is 13.4. The van der Waals surface area contributed by atoms with Crippen molar-refractivity contribution in [3.8, 4) is 17.1 Å². The van der Waals surface area contributed by atoms with E-state index in [2.05, 4.69) is 20.4 Å². The van der Waals surface area contributed by atoms with Crippen LogP contribution in [-0.2, 0) is 4.79 Å². The molecule has 2 heterocycles. The third-order valence-electron chi connectivity index (χ3n) is 5.26. The van der Waals surface area contributed by atoms with Crippen LogP contribution in [0.4, 0.5) is 10.1 Å². The average Bonchev–Trinajstić information content (AvgIpc) is 3.25. The number of anilines is 1. The first-order chi connectivity index (χ1) is 15.0. The van der Waals surface area contributed by atoms with Crippen LogP contribution in [0.5, 0.6) is 5.75 Å². The number of aromatic nitrogens is 2. The fraction of sp³-hybridized carbons (Fsp3) is 0.318. The van der Waals surface area contributed by atoms with Gasteiger partial charge >= 0.3 is 0 Å². The largest absolute Gasteiger partial charge is 0.495 e. The van der Waals surface area contributed by atoms with Gasteiger partial charge in [-0.15, -0.1) is 0 Å². The summed E-state index contributed by atoms with van der Waals surface area (Å²) in [6.45, 7) is 1.71. The Balaban J connectivity index is 1.31. The van der Waals surface area contributed by atoms with Crippen molar-refractivity contribution in [3.05, 3.63) is 59.2 Å². The first-order valence-corrected chi connectivity index (χ1v) is 10.3. The number of nitrogens with one attached hydrogen (secondary N) is 1. The standard InChI is InChI=1S/C22H22ClFN4O3/c1-30-19-6-5-16(23)12-18(19)25-20(29)13-28-9-7-14(8-10-28)22-26-21(27-31-22)15-3-2-4-17(24)11-15/h2-6,11-12,14H,7-10,13H2,1H3,(H,25,29). The number of hydrogen-bond acceptors (Lipinski definition) is 6. The van der Waals surface area contributed by atoms with Crippen molar-refractivity contribution in [2.45, 2.75) is 18.8 Å². The highest BCUT2D eigenvalue weighted by Gasteiger charge is 2.26. The Hall–Kier alpha value is -2.97. The molecule has 1 aliphatic heterocycles. The molecule has 0 unspecified atom stereocenters. The van der Waals surface area contributed by atoms with Crippen LogP contribution in [0.1, 0.15) is 24.7 Å². The molecule has 7 nitrogen and oxygen atoms in total. The molecule has 162 valence electrons. The maximum atomic E-state index is 13.4. The van der Waals surface area contributed by atoms with Gasteiger partial charge in [0.2, 0.25) is 17.6 Å². The smallest absolute Gasteiger partial charge is 0.238 e. The molecule has 31 heavy (non-hydrogen) atoms. The lowest BCUT2D eigenvalue weighted by atomic mass is 9.97. The van der Waals surface area contributed by atoms with Gasteiger partial charge in [0.25, 0.3) is 0 Å². The van der Waals surface area contributed by atoms with Crippen molar-refractivity contribution in [1.29, 1.82) is 0 Å². The Kier molecular flexibility index (Phi) is 6.48. The zero-order valence-electron chi connectivity index (χ0n) is 17.0. The number of benzene rings is 2. The number of likely N-dealkylation sites (tertiary alicyclic amines) is 1. The number of hydrogen-bond donors (Lipinski definition) is 1. The van der Waals surface area contributed by atoms with E-state index in [4.69, 9.17) is 20.9 Å². The zero-order valence-corrected chi connectivity index (χ0v) is 17.7. The summed E-state index contributed by atoms with van der Waals surface area (Å²) in [5.41, 5.74) is 1.13. The van der Waals surface area contributed by atoms with Crippen LogP contribution in [0.3, 0.4) is 0 Å². The van der Waals surface area contributed by atoms with Gasteiger partial charge in [0.15, 0.2) is 0 Å². The molecule has 0 saturated carbocycles. The lowest BCUT2D eigenvalue weighted by Gasteiger charge is -2.29. The number of carbonyl (C=O) groups is 1. The second-order valence-corrected chi connectivity index (χ2v) is 7.85. The van der Waals surface area contributed by atoms with E-state index in [9.17, 15) is 9.18 Å². The molecule has 0 radical (unpaired) electrons. The van der Waals surface area contributed by atoms with Gasteiger partial charge in [0.1, 0.15) is 11.6 Å². The van der Waals surface area contributed by atoms with Crippen molar-refractivity contribution in [1.82, 2.24) is 15.0 Å². The van der Waals surface area contributed by atoms with Crippen molar-refractivity contribution in [3.63, 3.8) is 0 Å². The molecule has 9 heteroatoms. The predicted molar refractivity (Wildman–Crippen MR) is 115 cm³/mol. The second-order valence-electron chi connectivity index (χ2n) is 7.41. The van der Waals surface area contributed by atoms with Crippen LogP contribution in [-0.4, -0.2) is 47.7 Å². The Labute approximate surface area is 184 Å². The summed E-state index contributed by atoms with van der Waals surface area (Å²) in [6.07, 6.45) is 1.58. The molecule has 1 aromatic heterocycles. The van der Waals surface area contributed by atoms with Crippen molar-refractivity contribution in [2.24, 2.45) is 0 Å². The van der Waals surface area contributed by atoms with E-state index in [0.717, 1.165) is 25.9 Å². The lowest BCUT2D eigenvalue weighted by Crippen LogP contribution is -2.38. The van der Waals surface area contributed by atoms with Gasteiger partial charge in [0.05, 0.1) is 19.3 Å². The molecule has 1 amide bonds. The Morgan fingerprint density at radius 3 is 2.84 bits per heavy atom. The van der Waals surface area contributed by atoms with Crippen LogP contribution in [0.2, 0.25) is 5.02 Å². The lowest BCUT2D eigenvalue weighted by molar-refractivity contribution is -0.117. The van der Waals surface area contributed by atoms with Crippen LogP contribution in [0, 0.1) is 5.82 Å². The summed E-state index contributed by atoms with van der Waals surface area (Å²) < 4.78 is 24.1. The summed E-state index contributed by atoms with van der Waals surface area (Å²) in [5, 5.41) is 7.37. The van der Waals surface area contributed by atoms with Crippen LogP contribution < -0.4 is 10.1 Å². The first-order valence-electron chi connectivity index (χ1n) is 9.97. The maximum Gasteiger partial charge on any atom is 0.238 e. The van der Waals surface area contributed by atoms with E-state index in [0.29, 0.717) is 33.7 Å². The molecule has 1 aliphatic rings. The highest BCUT2D eigenvalue weighted by Crippen LogP contribution is 2.30. The number of methoxy groups -OCH3 is 1. The minimum absolute atomic E-state index is 0.113. The van der Waals surface area contributed by atoms with Crippen molar-refractivity contribution in [2.75, 3.05) is 32.1 Å². The van der Waals surface area contributed by atoms with Gasteiger partial charge < -0.3 is 14.6 Å². The highest BCUT2D eigenvalue weighted by atomic mass is 35.5. The van der Waals surface area contributed by atoms with E-state index >= 15 is 0 Å². The van der Waals surface area contributed by atoms with Gasteiger partial charge in [-0.2, -0.15) is 4.98 Å². The molecule has 0 bridgehead atoms. The molecular weight excluding hydrogens is 423 g/mol. The minimum atomic E-state index is -0.342. The number of amides is 1. The topological polar surface area (TPSA) is 80.5 Å². The molecule has 2 aromatic carbocycles. The molecule has 0 aliphatic carbocycles. The fourth-order valence-electron chi connectivity index (χ4n) is 3.65.